The second-order valence-corrected chi connectivity index (χ2v) is 7.08. The van der Waals surface area contributed by atoms with E-state index in [1.807, 2.05) is 30.3 Å². The van der Waals surface area contributed by atoms with Gasteiger partial charge in [-0.05, 0) is 31.2 Å². The first-order valence-electron chi connectivity index (χ1n) is 9.47. The van der Waals surface area contributed by atoms with Crippen LogP contribution in [-0.2, 0) is 20.9 Å². The summed E-state index contributed by atoms with van der Waals surface area (Å²) in [6.45, 7) is 0.648. The molecular formula is C20H26N2O4. The molecule has 1 aromatic carbocycles. The molecule has 2 fully saturated rings. The first-order chi connectivity index (χ1) is 12.6. The molecule has 0 spiro atoms. The van der Waals surface area contributed by atoms with Crippen LogP contribution in [0, 0.1) is 5.92 Å². The Kier molecular flexibility index (Phi) is 6.26. The van der Waals surface area contributed by atoms with Gasteiger partial charge in [-0.15, -0.1) is 0 Å². The van der Waals surface area contributed by atoms with Gasteiger partial charge in [-0.3, -0.25) is 19.8 Å². The molecule has 1 atom stereocenters. The van der Waals surface area contributed by atoms with Crippen molar-refractivity contribution in [2.24, 2.45) is 5.92 Å². The van der Waals surface area contributed by atoms with Gasteiger partial charge >= 0.3 is 6.09 Å². The van der Waals surface area contributed by atoms with Crippen LogP contribution in [0.2, 0.25) is 0 Å². The minimum atomic E-state index is -0.620. The van der Waals surface area contributed by atoms with E-state index in [9.17, 15) is 14.4 Å². The Hall–Kier alpha value is -2.37. The lowest BCUT2D eigenvalue weighted by atomic mass is 9.88. The Morgan fingerprint density at radius 1 is 0.962 bits per heavy atom. The number of hydrogen-bond donors (Lipinski definition) is 1. The number of hydrogen-bond acceptors (Lipinski definition) is 4. The quantitative estimate of drug-likeness (QED) is 0.840. The molecule has 3 amide bonds. The number of benzene rings is 1. The monoisotopic (exact) mass is 358 g/mol. The summed E-state index contributed by atoms with van der Waals surface area (Å²) in [5.74, 6) is -0.651. The molecule has 0 aromatic heterocycles. The molecule has 140 valence electrons. The summed E-state index contributed by atoms with van der Waals surface area (Å²) in [5, 5.41) is 2.52. The van der Waals surface area contributed by atoms with Crippen molar-refractivity contribution >= 4 is 17.9 Å². The second-order valence-electron chi connectivity index (χ2n) is 7.08. The van der Waals surface area contributed by atoms with Crippen molar-refractivity contribution in [3.05, 3.63) is 35.9 Å². The summed E-state index contributed by atoms with van der Waals surface area (Å²) in [5.41, 5.74) is 0.897. The fourth-order valence-electron chi connectivity index (χ4n) is 3.73. The molecule has 2 aliphatic rings. The Balaban J connectivity index is 1.52. The summed E-state index contributed by atoms with van der Waals surface area (Å²) in [4.78, 5) is 38.6. The molecule has 1 aliphatic carbocycles. The molecule has 0 unspecified atom stereocenters. The molecule has 3 rings (SSSR count). The van der Waals surface area contributed by atoms with E-state index in [0.29, 0.717) is 13.0 Å². The van der Waals surface area contributed by atoms with E-state index in [4.69, 9.17) is 4.74 Å². The number of amides is 3. The summed E-state index contributed by atoms with van der Waals surface area (Å²) < 4.78 is 5.34. The number of imide groups is 1. The molecule has 1 N–H and O–H groups in total. The van der Waals surface area contributed by atoms with E-state index >= 15 is 0 Å². The average molecular weight is 358 g/mol. The highest BCUT2D eigenvalue weighted by Gasteiger charge is 2.36. The number of carbonyl (C=O) groups is 3. The van der Waals surface area contributed by atoms with Crippen molar-refractivity contribution < 1.29 is 19.1 Å². The van der Waals surface area contributed by atoms with Crippen molar-refractivity contribution in [1.29, 1.82) is 0 Å². The Morgan fingerprint density at radius 3 is 2.42 bits per heavy atom. The van der Waals surface area contributed by atoms with Crippen LogP contribution in [0.1, 0.15) is 50.5 Å². The third-order valence-corrected chi connectivity index (χ3v) is 5.22. The minimum Gasteiger partial charge on any atom is -0.445 e. The molecule has 1 aromatic rings. The van der Waals surface area contributed by atoms with E-state index in [-0.39, 0.29) is 24.3 Å². The number of likely N-dealkylation sites (tertiary alicyclic amines) is 1. The molecule has 1 aliphatic heterocycles. The molecule has 26 heavy (non-hydrogen) atoms. The number of nitrogens with one attached hydrogen (secondary N) is 1. The van der Waals surface area contributed by atoms with Gasteiger partial charge in [0, 0.05) is 12.5 Å². The van der Waals surface area contributed by atoms with Crippen molar-refractivity contribution in [2.45, 2.75) is 57.6 Å². The summed E-state index contributed by atoms with van der Waals surface area (Å²) in [7, 11) is 0. The van der Waals surface area contributed by atoms with Crippen LogP contribution in [0.4, 0.5) is 4.79 Å². The highest BCUT2D eigenvalue weighted by molar-refractivity contribution is 5.99. The zero-order valence-electron chi connectivity index (χ0n) is 15.0. The Bertz CT molecular complexity index is 640. The summed E-state index contributed by atoms with van der Waals surface area (Å²) in [6, 6.07) is 8.80. The number of rotatable bonds is 4. The predicted molar refractivity (Wildman–Crippen MR) is 96.1 cm³/mol. The van der Waals surface area contributed by atoms with Crippen LogP contribution < -0.4 is 5.32 Å². The van der Waals surface area contributed by atoms with Gasteiger partial charge in [0.1, 0.15) is 12.6 Å². The molecule has 1 heterocycles. The SMILES string of the molecule is O=C(NC(=O)[C@@H]1CCCN1C(=O)OCc1ccccc1)C1CCCCC1. The standard InChI is InChI=1S/C20H26N2O4/c23-18(16-10-5-2-6-11-16)21-19(24)17-12-7-13-22(17)20(25)26-14-15-8-3-1-4-9-15/h1,3-4,8-9,16-17H,2,5-7,10-14H2,(H,21,23,24)/t17-/m0/s1. The van der Waals surface area contributed by atoms with Crippen LogP contribution in [-0.4, -0.2) is 35.4 Å². The third kappa shape index (κ3) is 4.62. The van der Waals surface area contributed by atoms with E-state index in [1.54, 1.807) is 0 Å². The van der Waals surface area contributed by atoms with Crippen LogP contribution in [0.5, 0.6) is 0 Å². The third-order valence-electron chi connectivity index (χ3n) is 5.22. The maximum atomic E-state index is 12.5. The van der Waals surface area contributed by atoms with Crippen LogP contribution in [0.15, 0.2) is 30.3 Å². The van der Waals surface area contributed by atoms with E-state index in [2.05, 4.69) is 5.32 Å². The van der Waals surface area contributed by atoms with E-state index < -0.39 is 12.1 Å². The minimum absolute atomic E-state index is 0.0763. The van der Waals surface area contributed by atoms with Crippen molar-refractivity contribution in [1.82, 2.24) is 10.2 Å². The molecule has 0 radical (unpaired) electrons. The number of ether oxygens (including phenoxy) is 1. The maximum absolute atomic E-state index is 12.5. The van der Waals surface area contributed by atoms with Crippen molar-refractivity contribution in [2.75, 3.05) is 6.54 Å². The molecular weight excluding hydrogens is 332 g/mol. The number of nitrogens with zero attached hydrogens (tertiary/aromatic N) is 1. The highest BCUT2D eigenvalue weighted by atomic mass is 16.6. The van der Waals surface area contributed by atoms with Crippen molar-refractivity contribution in [3.8, 4) is 0 Å². The number of carbonyl (C=O) groups excluding carboxylic acids is 3. The Labute approximate surface area is 153 Å². The fourth-order valence-corrected chi connectivity index (χ4v) is 3.73. The van der Waals surface area contributed by atoms with Gasteiger partial charge in [-0.1, -0.05) is 49.6 Å². The lowest BCUT2D eigenvalue weighted by Crippen LogP contribution is -2.49. The molecule has 0 bridgehead atoms. The van der Waals surface area contributed by atoms with Gasteiger partial charge in [0.2, 0.25) is 11.8 Å². The van der Waals surface area contributed by atoms with Gasteiger partial charge in [0.05, 0.1) is 0 Å². The average Bonchev–Trinajstić information content (AvgIpc) is 3.17. The second kappa shape index (κ2) is 8.83. The molecule has 6 heteroatoms. The van der Waals surface area contributed by atoms with Crippen LogP contribution in [0.3, 0.4) is 0 Å². The maximum Gasteiger partial charge on any atom is 0.410 e. The fraction of sp³-hybridized carbons (Fsp3) is 0.550. The van der Waals surface area contributed by atoms with Crippen molar-refractivity contribution in [3.63, 3.8) is 0 Å². The van der Waals surface area contributed by atoms with Gasteiger partial charge < -0.3 is 4.74 Å². The normalized spacial score (nSPS) is 20.6. The molecule has 1 saturated heterocycles. The largest absolute Gasteiger partial charge is 0.445 e. The van der Waals surface area contributed by atoms with Gasteiger partial charge in [0.25, 0.3) is 0 Å². The Morgan fingerprint density at radius 2 is 1.69 bits per heavy atom. The summed E-state index contributed by atoms with van der Waals surface area (Å²) in [6.07, 6.45) is 5.69. The van der Waals surface area contributed by atoms with Crippen LogP contribution >= 0.6 is 0 Å². The zero-order valence-corrected chi connectivity index (χ0v) is 15.0. The van der Waals surface area contributed by atoms with Gasteiger partial charge in [-0.2, -0.15) is 0 Å². The summed E-state index contributed by atoms with van der Waals surface area (Å²) >= 11 is 0. The highest BCUT2D eigenvalue weighted by Crippen LogP contribution is 2.24. The smallest absolute Gasteiger partial charge is 0.410 e. The van der Waals surface area contributed by atoms with Gasteiger partial charge in [0.15, 0.2) is 0 Å². The first kappa shape index (κ1) is 18.4. The zero-order chi connectivity index (χ0) is 18.4. The van der Waals surface area contributed by atoms with Crippen LogP contribution in [0.25, 0.3) is 0 Å². The van der Waals surface area contributed by atoms with Gasteiger partial charge in [-0.25, -0.2) is 4.79 Å². The molecule has 6 nitrogen and oxygen atoms in total. The topological polar surface area (TPSA) is 75.7 Å². The first-order valence-corrected chi connectivity index (χ1v) is 9.47. The molecule has 1 saturated carbocycles. The van der Waals surface area contributed by atoms with E-state index in [0.717, 1.165) is 44.1 Å². The lowest BCUT2D eigenvalue weighted by Gasteiger charge is -2.25. The lowest BCUT2D eigenvalue weighted by molar-refractivity contribution is -0.135. The van der Waals surface area contributed by atoms with E-state index in [1.165, 1.54) is 4.90 Å². The predicted octanol–water partition coefficient (Wildman–Crippen LogP) is 3.01.